The molecule has 0 unspecified atom stereocenters. The van der Waals surface area contributed by atoms with Gasteiger partial charge < -0.3 is 14.5 Å². The second-order valence-corrected chi connectivity index (χ2v) is 6.21. The first-order valence-electron chi connectivity index (χ1n) is 7.32. The molecule has 0 atom stereocenters. The number of aromatic amines is 1. The van der Waals surface area contributed by atoms with Gasteiger partial charge in [-0.1, -0.05) is 0 Å². The zero-order valence-electron chi connectivity index (χ0n) is 13.5. The van der Waals surface area contributed by atoms with Crippen LogP contribution >= 0.6 is 23.7 Å². The molecule has 0 bridgehead atoms. The first kappa shape index (κ1) is 17.3. The van der Waals surface area contributed by atoms with E-state index in [2.05, 4.69) is 9.97 Å². The summed E-state index contributed by atoms with van der Waals surface area (Å²) in [6.45, 7) is 0. The van der Waals surface area contributed by atoms with Gasteiger partial charge in [0.05, 0.1) is 20.4 Å². The third kappa shape index (κ3) is 2.73. The highest BCUT2D eigenvalue weighted by Gasteiger charge is 2.16. The number of nitrogens with one attached hydrogen (secondary N) is 1. The van der Waals surface area contributed by atoms with Crippen molar-refractivity contribution < 1.29 is 9.47 Å². The molecule has 0 amide bonds. The average Bonchev–Trinajstić information content (AvgIpc) is 3.11. The molecule has 1 N–H and O–H groups in total. The van der Waals surface area contributed by atoms with Gasteiger partial charge in [-0.05, 0) is 29.6 Å². The Balaban J connectivity index is 0.00000182. The molecule has 0 fully saturated rings. The SMILES string of the molecule is COc1cncc(-c2c(OC)ccc3[nH]c(=O)c4sccc4c23)c1.Cl. The number of fused-ring (bicyclic) bond motifs is 3. The van der Waals surface area contributed by atoms with Crippen molar-refractivity contribution in [1.29, 1.82) is 0 Å². The summed E-state index contributed by atoms with van der Waals surface area (Å²) in [6, 6.07) is 7.59. The van der Waals surface area contributed by atoms with Crippen LogP contribution < -0.4 is 15.0 Å². The fourth-order valence-electron chi connectivity index (χ4n) is 2.95. The number of aromatic nitrogens is 2. The van der Waals surface area contributed by atoms with Crippen LogP contribution in [0.4, 0.5) is 0 Å². The maximum Gasteiger partial charge on any atom is 0.266 e. The number of rotatable bonds is 3. The van der Waals surface area contributed by atoms with Gasteiger partial charge in [0, 0.05) is 33.6 Å². The van der Waals surface area contributed by atoms with Crippen molar-refractivity contribution in [2.75, 3.05) is 14.2 Å². The van der Waals surface area contributed by atoms with Crippen LogP contribution in [0, 0.1) is 0 Å². The van der Waals surface area contributed by atoms with Gasteiger partial charge in [-0.3, -0.25) is 9.78 Å². The fourth-order valence-corrected chi connectivity index (χ4v) is 3.75. The standard InChI is InChI=1S/C18H14N2O3S.ClH/c1-22-11-7-10(8-19-9-11)15-14(23-2)4-3-13-16(15)12-5-6-24-17(12)18(21)20-13;/h3-9H,1-2H3,(H,20,21);1H. The lowest BCUT2D eigenvalue weighted by Gasteiger charge is -2.13. The number of H-pyrrole nitrogens is 1. The number of hydrogen-bond acceptors (Lipinski definition) is 5. The van der Waals surface area contributed by atoms with Gasteiger partial charge in [-0.25, -0.2) is 0 Å². The van der Waals surface area contributed by atoms with Gasteiger partial charge in [-0.15, -0.1) is 23.7 Å². The monoisotopic (exact) mass is 374 g/mol. The van der Waals surface area contributed by atoms with Gasteiger partial charge in [0.1, 0.15) is 16.2 Å². The molecule has 3 heterocycles. The van der Waals surface area contributed by atoms with E-state index in [1.165, 1.54) is 11.3 Å². The Morgan fingerprint density at radius 1 is 1.12 bits per heavy atom. The lowest BCUT2D eigenvalue weighted by molar-refractivity contribution is 0.412. The van der Waals surface area contributed by atoms with E-state index in [4.69, 9.17) is 9.47 Å². The van der Waals surface area contributed by atoms with E-state index in [0.717, 1.165) is 33.2 Å². The van der Waals surface area contributed by atoms with Crippen molar-refractivity contribution in [1.82, 2.24) is 9.97 Å². The smallest absolute Gasteiger partial charge is 0.266 e. The molecule has 7 heteroatoms. The molecule has 0 aliphatic rings. The minimum Gasteiger partial charge on any atom is -0.496 e. The predicted octanol–water partition coefficient (Wildman–Crippen LogP) is 4.24. The molecule has 4 rings (SSSR count). The predicted molar refractivity (Wildman–Crippen MR) is 104 cm³/mol. The second-order valence-electron chi connectivity index (χ2n) is 5.30. The van der Waals surface area contributed by atoms with E-state index in [-0.39, 0.29) is 18.0 Å². The van der Waals surface area contributed by atoms with E-state index in [1.807, 2.05) is 29.6 Å². The minimum absolute atomic E-state index is 0. The summed E-state index contributed by atoms with van der Waals surface area (Å²) in [5.41, 5.74) is 2.45. The summed E-state index contributed by atoms with van der Waals surface area (Å²) >= 11 is 1.43. The molecule has 0 aliphatic carbocycles. The third-order valence-electron chi connectivity index (χ3n) is 4.01. The van der Waals surface area contributed by atoms with Crippen LogP contribution in [0.1, 0.15) is 0 Å². The number of nitrogens with zero attached hydrogens (tertiary/aromatic N) is 1. The second kappa shape index (κ2) is 6.74. The molecule has 0 radical (unpaired) electrons. The maximum absolute atomic E-state index is 12.2. The zero-order valence-corrected chi connectivity index (χ0v) is 15.2. The lowest BCUT2D eigenvalue weighted by Crippen LogP contribution is -2.05. The number of pyridine rings is 2. The Kier molecular flexibility index (Phi) is 4.65. The van der Waals surface area contributed by atoms with Crippen LogP contribution in [0.15, 0.2) is 46.8 Å². The highest BCUT2D eigenvalue weighted by atomic mass is 35.5. The van der Waals surface area contributed by atoms with Crippen molar-refractivity contribution in [3.63, 3.8) is 0 Å². The summed E-state index contributed by atoms with van der Waals surface area (Å²) in [6.07, 6.45) is 3.42. The minimum atomic E-state index is -0.0765. The normalized spacial score (nSPS) is 10.6. The van der Waals surface area contributed by atoms with E-state index >= 15 is 0 Å². The van der Waals surface area contributed by atoms with Crippen LogP contribution in [0.25, 0.3) is 32.1 Å². The summed E-state index contributed by atoms with van der Waals surface area (Å²) in [7, 11) is 3.24. The van der Waals surface area contributed by atoms with E-state index < -0.39 is 0 Å². The van der Waals surface area contributed by atoms with Crippen LogP contribution in [0.5, 0.6) is 11.5 Å². The Bertz CT molecular complexity index is 1120. The number of hydrogen-bond donors (Lipinski definition) is 1. The molecule has 3 aromatic heterocycles. The summed E-state index contributed by atoms with van der Waals surface area (Å²) in [5.74, 6) is 1.38. The number of ether oxygens (including phenoxy) is 2. The molecule has 128 valence electrons. The number of halogens is 1. The number of thiophene rings is 1. The fraction of sp³-hybridized carbons (Fsp3) is 0.111. The largest absolute Gasteiger partial charge is 0.496 e. The highest BCUT2D eigenvalue weighted by molar-refractivity contribution is 7.17. The topological polar surface area (TPSA) is 64.2 Å². The number of methoxy groups -OCH3 is 2. The Hall–Kier alpha value is -2.57. The number of benzene rings is 1. The van der Waals surface area contributed by atoms with E-state index in [1.54, 1.807) is 26.6 Å². The summed E-state index contributed by atoms with van der Waals surface area (Å²) in [5, 5.41) is 3.78. The molecule has 0 saturated carbocycles. The van der Waals surface area contributed by atoms with Crippen LogP contribution in [0.2, 0.25) is 0 Å². The molecule has 5 nitrogen and oxygen atoms in total. The molecule has 1 aromatic carbocycles. The quantitative estimate of drug-likeness (QED) is 0.582. The Labute approximate surface area is 153 Å². The Morgan fingerprint density at radius 2 is 1.96 bits per heavy atom. The van der Waals surface area contributed by atoms with Gasteiger partial charge in [0.15, 0.2) is 0 Å². The zero-order chi connectivity index (χ0) is 16.7. The van der Waals surface area contributed by atoms with Crippen LogP contribution in [-0.4, -0.2) is 24.2 Å². The molecule has 4 aromatic rings. The molecular formula is C18H15ClN2O3S. The van der Waals surface area contributed by atoms with Crippen molar-refractivity contribution in [2.24, 2.45) is 0 Å². The molecule has 0 spiro atoms. The van der Waals surface area contributed by atoms with Crippen LogP contribution in [0.3, 0.4) is 0 Å². The first-order chi connectivity index (χ1) is 11.7. The first-order valence-corrected chi connectivity index (χ1v) is 8.20. The molecule has 25 heavy (non-hydrogen) atoms. The van der Waals surface area contributed by atoms with E-state index in [0.29, 0.717) is 10.4 Å². The molecular weight excluding hydrogens is 360 g/mol. The molecule has 0 aliphatic heterocycles. The summed E-state index contributed by atoms with van der Waals surface area (Å²) < 4.78 is 11.6. The summed E-state index contributed by atoms with van der Waals surface area (Å²) in [4.78, 5) is 19.5. The lowest BCUT2D eigenvalue weighted by atomic mass is 9.98. The highest BCUT2D eigenvalue weighted by Crippen LogP contribution is 2.40. The van der Waals surface area contributed by atoms with Gasteiger partial charge >= 0.3 is 0 Å². The van der Waals surface area contributed by atoms with Crippen molar-refractivity contribution in [2.45, 2.75) is 0 Å². The maximum atomic E-state index is 12.2. The van der Waals surface area contributed by atoms with Crippen molar-refractivity contribution in [3.05, 3.63) is 52.4 Å². The molecule has 0 saturated heterocycles. The van der Waals surface area contributed by atoms with Crippen molar-refractivity contribution in [3.8, 4) is 22.6 Å². The van der Waals surface area contributed by atoms with Gasteiger partial charge in [-0.2, -0.15) is 0 Å². The van der Waals surface area contributed by atoms with E-state index in [9.17, 15) is 4.79 Å². The van der Waals surface area contributed by atoms with Crippen molar-refractivity contribution >= 4 is 44.7 Å². The Morgan fingerprint density at radius 3 is 2.72 bits per heavy atom. The van der Waals surface area contributed by atoms with Crippen LogP contribution in [-0.2, 0) is 0 Å². The third-order valence-corrected chi connectivity index (χ3v) is 4.93. The average molecular weight is 375 g/mol. The van der Waals surface area contributed by atoms with Gasteiger partial charge in [0.25, 0.3) is 5.56 Å². The van der Waals surface area contributed by atoms with Gasteiger partial charge in [0.2, 0.25) is 0 Å².